The number of aromatic amines is 2. The van der Waals surface area contributed by atoms with E-state index in [1.54, 1.807) is 23.5 Å². The predicted octanol–water partition coefficient (Wildman–Crippen LogP) is 7.41. The molecule has 0 unspecified atom stereocenters. The smallest absolute Gasteiger partial charge is 0.174 e. The Morgan fingerprint density at radius 3 is 1.34 bits per heavy atom. The zero-order valence-electron chi connectivity index (χ0n) is 16.9. The molecule has 6 aromatic rings. The molecule has 32 heavy (non-hydrogen) atoms. The zero-order chi connectivity index (χ0) is 21.3. The highest BCUT2D eigenvalue weighted by molar-refractivity contribution is 7.99. The first-order valence-corrected chi connectivity index (χ1v) is 11.9. The van der Waals surface area contributed by atoms with Crippen LogP contribution >= 0.6 is 23.5 Å². The Labute approximate surface area is 193 Å². The van der Waals surface area contributed by atoms with Crippen LogP contribution in [0.4, 0.5) is 0 Å². The predicted molar refractivity (Wildman–Crippen MR) is 132 cm³/mol. The van der Waals surface area contributed by atoms with Gasteiger partial charge in [-0.05, 0) is 60.7 Å². The average Bonchev–Trinajstić information content (AvgIpc) is 3.44. The largest absolute Gasteiger partial charge is 0.335 e. The quantitative estimate of drug-likeness (QED) is 0.287. The Morgan fingerprint density at radius 1 is 0.469 bits per heavy atom. The van der Waals surface area contributed by atoms with Gasteiger partial charge in [0.15, 0.2) is 11.6 Å². The summed E-state index contributed by atoms with van der Waals surface area (Å²) in [6, 6.07) is 33.4. The van der Waals surface area contributed by atoms with Crippen LogP contribution < -0.4 is 0 Å². The lowest BCUT2D eigenvalue weighted by atomic mass is 10.3. The molecule has 0 amide bonds. The van der Waals surface area contributed by atoms with Gasteiger partial charge >= 0.3 is 0 Å². The van der Waals surface area contributed by atoms with Gasteiger partial charge in [0.25, 0.3) is 0 Å². The highest BCUT2D eigenvalue weighted by atomic mass is 32.2. The first kappa shape index (κ1) is 19.2. The molecule has 0 radical (unpaired) electrons. The first-order valence-electron chi connectivity index (χ1n) is 10.3. The third kappa shape index (κ3) is 3.90. The number of H-pyrrole nitrogens is 2. The summed E-state index contributed by atoms with van der Waals surface area (Å²) in [5.74, 6) is 1.49. The Morgan fingerprint density at radius 2 is 0.906 bits per heavy atom. The molecule has 2 N–H and O–H groups in total. The van der Waals surface area contributed by atoms with E-state index in [0.29, 0.717) is 0 Å². The van der Waals surface area contributed by atoms with Crippen LogP contribution in [0, 0.1) is 0 Å². The van der Waals surface area contributed by atoms with Crippen molar-refractivity contribution in [3.05, 3.63) is 97.1 Å². The number of imidazole rings is 2. The molecule has 0 bridgehead atoms. The summed E-state index contributed by atoms with van der Waals surface area (Å²) in [7, 11) is 0. The molecule has 0 saturated carbocycles. The fourth-order valence-corrected chi connectivity index (χ4v) is 5.33. The second-order valence-electron chi connectivity index (χ2n) is 7.36. The Kier molecular flexibility index (Phi) is 4.94. The maximum atomic E-state index is 4.75. The summed E-state index contributed by atoms with van der Waals surface area (Å²) in [6.07, 6.45) is 0. The van der Waals surface area contributed by atoms with Crippen molar-refractivity contribution in [3.63, 3.8) is 0 Å². The first-order chi connectivity index (χ1) is 15.8. The summed E-state index contributed by atoms with van der Waals surface area (Å²) in [6.45, 7) is 0. The van der Waals surface area contributed by atoms with E-state index >= 15 is 0 Å². The fraction of sp³-hybridized carbons (Fsp3) is 0. The second-order valence-corrected chi connectivity index (χ2v) is 9.65. The minimum atomic E-state index is 0.746. The van der Waals surface area contributed by atoms with Crippen LogP contribution in [0.1, 0.15) is 0 Å². The zero-order valence-corrected chi connectivity index (χ0v) is 18.6. The lowest BCUT2D eigenvalue weighted by Crippen LogP contribution is -1.81. The molecule has 0 aliphatic heterocycles. The molecule has 0 aliphatic carbocycles. The molecule has 0 saturated heterocycles. The third-order valence-electron chi connectivity index (χ3n) is 5.09. The molecule has 4 aromatic carbocycles. The van der Waals surface area contributed by atoms with Crippen molar-refractivity contribution in [2.24, 2.45) is 0 Å². The van der Waals surface area contributed by atoms with Crippen LogP contribution in [-0.2, 0) is 0 Å². The molecular weight excluding hydrogens is 432 g/mol. The standard InChI is InChI=1S/C26H18N4S2/c1-3-7-17(8-4-1)31-19-11-13-21-23(15-19)29-25(27-21)26-28-22-14-12-20(16-24(22)30-26)32-18-9-5-2-6-10-18/h1-16H,(H,27,29)(H,28,30). The number of nitrogens with one attached hydrogen (secondary N) is 2. The van der Waals surface area contributed by atoms with Gasteiger partial charge in [-0.2, -0.15) is 0 Å². The molecule has 2 heterocycles. The van der Waals surface area contributed by atoms with E-state index in [0.717, 1.165) is 33.7 Å². The average molecular weight is 451 g/mol. The monoisotopic (exact) mass is 450 g/mol. The molecule has 0 atom stereocenters. The van der Waals surface area contributed by atoms with Gasteiger partial charge in [-0.25, -0.2) is 9.97 Å². The van der Waals surface area contributed by atoms with Crippen molar-refractivity contribution < 1.29 is 0 Å². The topological polar surface area (TPSA) is 57.4 Å². The number of benzene rings is 4. The fourth-order valence-electron chi connectivity index (χ4n) is 3.58. The number of rotatable bonds is 5. The van der Waals surface area contributed by atoms with Gasteiger partial charge in [0.2, 0.25) is 0 Å². The summed E-state index contributed by atoms with van der Waals surface area (Å²) in [4.78, 5) is 21.1. The van der Waals surface area contributed by atoms with Crippen LogP contribution in [0.3, 0.4) is 0 Å². The van der Waals surface area contributed by atoms with E-state index in [2.05, 4.69) is 94.9 Å². The number of fused-ring (bicyclic) bond motifs is 2. The summed E-state index contributed by atoms with van der Waals surface area (Å²) in [5, 5.41) is 0. The summed E-state index contributed by atoms with van der Waals surface area (Å²) >= 11 is 3.48. The lowest BCUT2D eigenvalue weighted by molar-refractivity contribution is 1.22. The minimum Gasteiger partial charge on any atom is -0.335 e. The van der Waals surface area contributed by atoms with E-state index < -0.39 is 0 Å². The number of hydrogen-bond donors (Lipinski definition) is 2. The highest BCUT2D eigenvalue weighted by Crippen LogP contribution is 2.32. The molecule has 6 heteroatoms. The Bertz CT molecular complexity index is 1400. The van der Waals surface area contributed by atoms with Crippen LogP contribution in [0.5, 0.6) is 0 Å². The molecule has 0 spiro atoms. The number of aromatic nitrogens is 4. The van der Waals surface area contributed by atoms with Crippen LogP contribution in [-0.4, -0.2) is 19.9 Å². The highest BCUT2D eigenvalue weighted by Gasteiger charge is 2.12. The van der Waals surface area contributed by atoms with Crippen LogP contribution in [0.2, 0.25) is 0 Å². The number of hydrogen-bond acceptors (Lipinski definition) is 4. The number of nitrogens with zero attached hydrogens (tertiary/aromatic N) is 2. The molecule has 2 aromatic heterocycles. The van der Waals surface area contributed by atoms with Gasteiger partial charge in [0.05, 0.1) is 22.1 Å². The normalized spacial score (nSPS) is 11.4. The minimum absolute atomic E-state index is 0.746. The molecule has 154 valence electrons. The summed E-state index contributed by atoms with van der Waals surface area (Å²) < 4.78 is 0. The van der Waals surface area contributed by atoms with Crippen molar-refractivity contribution in [1.29, 1.82) is 0 Å². The maximum Gasteiger partial charge on any atom is 0.174 e. The van der Waals surface area contributed by atoms with Crippen LogP contribution in [0.25, 0.3) is 33.7 Å². The van der Waals surface area contributed by atoms with Crippen molar-refractivity contribution in [3.8, 4) is 11.6 Å². The second kappa shape index (κ2) is 8.22. The molecule has 0 fully saturated rings. The van der Waals surface area contributed by atoms with Gasteiger partial charge < -0.3 is 9.97 Å². The molecule has 0 aliphatic rings. The third-order valence-corrected chi connectivity index (χ3v) is 7.08. The van der Waals surface area contributed by atoms with E-state index in [4.69, 9.17) is 9.97 Å². The Balaban J connectivity index is 1.29. The lowest BCUT2D eigenvalue weighted by Gasteiger charge is -2.00. The van der Waals surface area contributed by atoms with Gasteiger partial charge in [0, 0.05) is 19.6 Å². The van der Waals surface area contributed by atoms with E-state index in [1.807, 2.05) is 12.1 Å². The molecule has 4 nitrogen and oxygen atoms in total. The van der Waals surface area contributed by atoms with Crippen molar-refractivity contribution >= 4 is 45.6 Å². The van der Waals surface area contributed by atoms with Gasteiger partial charge in [-0.15, -0.1) is 0 Å². The maximum absolute atomic E-state index is 4.75. The van der Waals surface area contributed by atoms with E-state index in [1.165, 1.54) is 19.6 Å². The van der Waals surface area contributed by atoms with E-state index in [-0.39, 0.29) is 0 Å². The Hall–Kier alpha value is -3.48. The van der Waals surface area contributed by atoms with Gasteiger partial charge in [-0.3, -0.25) is 0 Å². The van der Waals surface area contributed by atoms with Gasteiger partial charge in [0.1, 0.15) is 0 Å². The molecular formula is C26H18N4S2. The molecule has 6 rings (SSSR count). The SMILES string of the molecule is c1ccc(Sc2ccc3nc(-c4nc5ccc(Sc6ccccc6)cc5[nH]4)[nH]c3c2)cc1. The van der Waals surface area contributed by atoms with Gasteiger partial charge in [-0.1, -0.05) is 59.9 Å². The van der Waals surface area contributed by atoms with Crippen molar-refractivity contribution in [2.75, 3.05) is 0 Å². The summed E-state index contributed by atoms with van der Waals surface area (Å²) in [5.41, 5.74) is 3.86. The van der Waals surface area contributed by atoms with Crippen LogP contribution in [0.15, 0.2) is 117 Å². The van der Waals surface area contributed by atoms with Crippen molar-refractivity contribution in [2.45, 2.75) is 19.6 Å². The van der Waals surface area contributed by atoms with Crippen molar-refractivity contribution in [1.82, 2.24) is 19.9 Å². The van der Waals surface area contributed by atoms with E-state index in [9.17, 15) is 0 Å².